The third-order valence-corrected chi connectivity index (χ3v) is 5.49. The molecule has 0 bridgehead atoms. The molecular weight excluding hydrogens is 392 g/mol. The van der Waals surface area contributed by atoms with Crippen molar-refractivity contribution in [1.29, 1.82) is 0 Å². The fraction of sp³-hybridized carbons (Fsp3) is 0.375. The van der Waals surface area contributed by atoms with Crippen LogP contribution in [-0.4, -0.2) is 46.6 Å². The highest BCUT2D eigenvalue weighted by atomic mass is 16.5. The fourth-order valence-electron chi connectivity index (χ4n) is 3.73. The van der Waals surface area contributed by atoms with Gasteiger partial charge in [0.15, 0.2) is 0 Å². The van der Waals surface area contributed by atoms with Crippen molar-refractivity contribution in [3.63, 3.8) is 0 Å². The maximum atomic E-state index is 13.2. The topological polar surface area (TPSA) is 87.3 Å². The van der Waals surface area contributed by atoms with E-state index in [9.17, 15) is 9.59 Å². The largest absolute Gasteiger partial charge is 0.453 e. The molecule has 7 heteroatoms. The number of alkyl carbamates (subject to hydrolysis) is 1. The number of amides is 2. The van der Waals surface area contributed by atoms with Crippen LogP contribution in [-0.2, 0) is 9.53 Å². The molecule has 1 saturated heterocycles. The molecule has 1 aromatic carbocycles. The number of aromatic nitrogens is 2. The maximum absolute atomic E-state index is 13.2. The minimum absolute atomic E-state index is 0.0598. The maximum Gasteiger partial charge on any atom is 0.407 e. The van der Waals surface area contributed by atoms with Gasteiger partial charge in [0.05, 0.1) is 25.0 Å². The average molecular weight is 423 g/mol. The van der Waals surface area contributed by atoms with Crippen molar-refractivity contribution in [3.05, 3.63) is 59.7 Å². The quantitative estimate of drug-likeness (QED) is 0.698. The third-order valence-electron chi connectivity index (χ3n) is 5.49. The molecule has 164 valence electrons. The van der Waals surface area contributed by atoms with E-state index in [1.165, 1.54) is 7.11 Å². The van der Waals surface area contributed by atoms with Crippen molar-refractivity contribution < 1.29 is 14.3 Å². The molecule has 1 aliphatic heterocycles. The lowest BCUT2D eigenvalue weighted by Crippen LogP contribution is -2.51. The van der Waals surface area contributed by atoms with Crippen LogP contribution >= 0.6 is 0 Å². The second-order valence-corrected chi connectivity index (χ2v) is 7.98. The number of hydrogen-bond donors (Lipinski definition) is 2. The number of carbonyl (C=O) groups is 2. The molecular formula is C24H30N4O3. The predicted octanol–water partition coefficient (Wildman–Crippen LogP) is 4.27. The van der Waals surface area contributed by atoms with E-state index in [2.05, 4.69) is 26.6 Å². The monoisotopic (exact) mass is 422 g/mol. The Hall–Kier alpha value is -3.35. The van der Waals surface area contributed by atoms with Crippen molar-refractivity contribution >= 4 is 30.2 Å². The van der Waals surface area contributed by atoms with Gasteiger partial charge in [-0.1, -0.05) is 56.8 Å². The summed E-state index contributed by atoms with van der Waals surface area (Å²) in [4.78, 5) is 34.5. The van der Waals surface area contributed by atoms with Gasteiger partial charge in [-0.25, -0.2) is 9.78 Å². The van der Waals surface area contributed by atoms with Crippen LogP contribution in [0.4, 0.5) is 4.79 Å². The molecule has 1 aliphatic rings. The van der Waals surface area contributed by atoms with Gasteiger partial charge in [0.1, 0.15) is 11.9 Å². The van der Waals surface area contributed by atoms with Crippen molar-refractivity contribution in [2.75, 3.05) is 13.7 Å². The van der Waals surface area contributed by atoms with Gasteiger partial charge in [0.2, 0.25) is 5.91 Å². The molecule has 2 aromatic rings. The van der Waals surface area contributed by atoms with Gasteiger partial charge in [-0.2, -0.15) is 0 Å². The van der Waals surface area contributed by atoms with Crippen LogP contribution in [0.5, 0.6) is 0 Å². The van der Waals surface area contributed by atoms with E-state index in [1.54, 1.807) is 11.1 Å². The van der Waals surface area contributed by atoms with E-state index in [4.69, 9.17) is 0 Å². The summed E-state index contributed by atoms with van der Waals surface area (Å²) in [5.74, 6) is 0.585. The number of likely N-dealkylation sites (tertiary alicyclic amines) is 1. The number of rotatable bonds is 7. The highest BCUT2D eigenvalue weighted by molar-refractivity contribution is 5.86. The lowest BCUT2D eigenvalue weighted by Gasteiger charge is -2.29. The van der Waals surface area contributed by atoms with E-state index in [0.717, 1.165) is 35.5 Å². The van der Waals surface area contributed by atoms with E-state index in [1.807, 2.05) is 56.3 Å². The van der Waals surface area contributed by atoms with Crippen molar-refractivity contribution in [3.8, 4) is 0 Å². The molecule has 0 aliphatic carbocycles. The summed E-state index contributed by atoms with van der Waals surface area (Å²) in [7, 11) is 1.29. The second-order valence-electron chi connectivity index (χ2n) is 7.98. The Morgan fingerprint density at radius 3 is 2.61 bits per heavy atom. The highest BCUT2D eigenvalue weighted by Crippen LogP contribution is 2.31. The van der Waals surface area contributed by atoms with Gasteiger partial charge >= 0.3 is 6.09 Å². The SMILES string of the molecule is C=Cc1ccc(/C=C/c2cnc([C@@H]3CCCN3C(=O)C(NC(=O)OC)C(C)C)[nH]2)cc1. The van der Waals surface area contributed by atoms with Crippen LogP contribution in [0, 0.1) is 5.92 Å². The van der Waals surface area contributed by atoms with Gasteiger partial charge in [0.25, 0.3) is 0 Å². The minimum Gasteiger partial charge on any atom is -0.453 e. The molecule has 31 heavy (non-hydrogen) atoms. The summed E-state index contributed by atoms with van der Waals surface area (Å²) in [6.45, 7) is 8.21. The third kappa shape index (κ3) is 5.42. The molecule has 7 nitrogen and oxygen atoms in total. The number of carbonyl (C=O) groups excluding carboxylic acids is 2. The number of nitrogens with zero attached hydrogens (tertiary/aromatic N) is 2. The lowest BCUT2D eigenvalue weighted by molar-refractivity contribution is -0.135. The number of aromatic amines is 1. The Morgan fingerprint density at radius 2 is 1.97 bits per heavy atom. The Labute approximate surface area is 183 Å². The predicted molar refractivity (Wildman–Crippen MR) is 122 cm³/mol. The fourth-order valence-corrected chi connectivity index (χ4v) is 3.73. The van der Waals surface area contributed by atoms with Crippen molar-refractivity contribution in [2.24, 2.45) is 5.92 Å². The normalized spacial score (nSPS) is 17.2. The number of methoxy groups -OCH3 is 1. The molecule has 3 rings (SSSR count). The van der Waals surface area contributed by atoms with Gasteiger partial charge in [-0.15, -0.1) is 0 Å². The molecule has 2 heterocycles. The van der Waals surface area contributed by atoms with Crippen molar-refractivity contribution in [1.82, 2.24) is 20.2 Å². The molecule has 0 radical (unpaired) electrons. The number of H-pyrrole nitrogens is 1. The Morgan fingerprint density at radius 1 is 1.26 bits per heavy atom. The van der Waals surface area contributed by atoms with Crippen molar-refractivity contribution in [2.45, 2.75) is 38.8 Å². The van der Waals surface area contributed by atoms with Crippen LogP contribution in [0.25, 0.3) is 18.2 Å². The first-order valence-electron chi connectivity index (χ1n) is 10.5. The summed E-state index contributed by atoms with van der Waals surface area (Å²) in [6.07, 6.45) is 8.68. The first kappa shape index (κ1) is 22.3. The molecule has 1 fully saturated rings. The standard InChI is InChI=1S/C24H30N4O3/c1-5-17-8-10-18(11-9-17)12-13-19-15-25-22(26-19)20-7-6-14-28(20)23(29)21(16(2)3)27-24(30)31-4/h5,8-13,15-16,20-21H,1,6-7,14H2,2-4H3,(H,25,26)(H,27,30)/b13-12+/t20-,21?/m0/s1. The van der Waals surface area contributed by atoms with Crippen LogP contribution in [0.2, 0.25) is 0 Å². The Balaban J connectivity index is 1.72. The second kappa shape index (κ2) is 10.1. The zero-order chi connectivity index (χ0) is 22.4. The molecule has 1 unspecified atom stereocenters. The van der Waals surface area contributed by atoms with Gasteiger partial charge in [-0.3, -0.25) is 4.79 Å². The zero-order valence-electron chi connectivity index (χ0n) is 18.3. The summed E-state index contributed by atoms with van der Waals surface area (Å²) >= 11 is 0. The summed E-state index contributed by atoms with van der Waals surface area (Å²) < 4.78 is 4.68. The number of benzene rings is 1. The van der Waals surface area contributed by atoms with E-state index >= 15 is 0 Å². The molecule has 0 saturated carbocycles. The Bertz CT molecular complexity index is 946. The van der Waals surface area contributed by atoms with E-state index < -0.39 is 12.1 Å². The van der Waals surface area contributed by atoms with E-state index in [0.29, 0.717) is 6.54 Å². The van der Waals surface area contributed by atoms with Gasteiger partial charge < -0.3 is 19.9 Å². The summed E-state index contributed by atoms with van der Waals surface area (Å²) in [6, 6.07) is 7.31. The van der Waals surface area contributed by atoms with Crippen LogP contribution < -0.4 is 5.32 Å². The number of hydrogen-bond acceptors (Lipinski definition) is 4. The minimum atomic E-state index is -0.638. The van der Waals surface area contributed by atoms with E-state index in [-0.39, 0.29) is 17.9 Å². The molecule has 2 atom stereocenters. The highest BCUT2D eigenvalue weighted by Gasteiger charge is 2.37. The van der Waals surface area contributed by atoms with Crippen LogP contribution in [0.1, 0.15) is 55.4 Å². The number of imidazole rings is 1. The van der Waals surface area contributed by atoms with Gasteiger partial charge in [0, 0.05) is 6.54 Å². The summed E-state index contributed by atoms with van der Waals surface area (Å²) in [5, 5.41) is 2.67. The molecule has 0 spiro atoms. The molecule has 1 aromatic heterocycles. The molecule has 2 N–H and O–H groups in total. The number of ether oxygens (including phenoxy) is 1. The average Bonchev–Trinajstić information content (AvgIpc) is 3.44. The van der Waals surface area contributed by atoms with Crippen LogP contribution in [0.3, 0.4) is 0 Å². The smallest absolute Gasteiger partial charge is 0.407 e. The first-order valence-corrected chi connectivity index (χ1v) is 10.5. The molecule has 2 amide bonds. The number of nitrogens with one attached hydrogen (secondary N) is 2. The zero-order valence-corrected chi connectivity index (χ0v) is 18.3. The first-order chi connectivity index (χ1) is 14.9. The summed E-state index contributed by atoms with van der Waals surface area (Å²) in [5.41, 5.74) is 3.02. The Kier molecular flexibility index (Phi) is 7.28. The van der Waals surface area contributed by atoms with Crippen LogP contribution in [0.15, 0.2) is 37.0 Å². The van der Waals surface area contributed by atoms with Gasteiger partial charge in [-0.05, 0) is 36.0 Å². The lowest BCUT2D eigenvalue weighted by atomic mass is 10.0.